The number of benzene rings is 2. The van der Waals surface area contributed by atoms with Gasteiger partial charge in [0.05, 0.1) is 38.4 Å². The number of rotatable bonds is 7. The van der Waals surface area contributed by atoms with Crippen LogP contribution in [0.25, 0.3) is 11.1 Å². The predicted molar refractivity (Wildman–Crippen MR) is 120 cm³/mol. The molecular formula is C22H25FN6O4. The van der Waals surface area contributed by atoms with E-state index in [2.05, 4.69) is 10.3 Å². The Morgan fingerprint density at radius 2 is 2.09 bits per heavy atom. The minimum atomic E-state index is -0.841. The number of aliphatic imine (C=N–C) groups is 1. The van der Waals surface area contributed by atoms with Crippen LogP contribution in [0.5, 0.6) is 5.75 Å². The molecule has 0 saturated carbocycles. The summed E-state index contributed by atoms with van der Waals surface area (Å²) >= 11 is 0. The Bertz CT molecular complexity index is 1080. The highest BCUT2D eigenvalue weighted by molar-refractivity contribution is 5.92. The Morgan fingerprint density at radius 1 is 1.33 bits per heavy atom. The molecule has 174 valence electrons. The molecule has 4 N–H and O–H groups in total. The monoisotopic (exact) mass is 456 g/mol. The van der Waals surface area contributed by atoms with E-state index in [-0.39, 0.29) is 30.2 Å². The lowest BCUT2D eigenvalue weighted by atomic mass is 10.0. The van der Waals surface area contributed by atoms with Crippen molar-refractivity contribution < 1.29 is 23.8 Å². The van der Waals surface area contributed by atoms with E-state index < -0.39 is 23.8 Å². The van der Waals surface area contributed by atoms with E-state index in [4.69, 9.17) is 10.6 Å². The molecule has 0 unspecified atom stereocenters. The molecule has 1 saturated heterocycles. The Labute approximate surface area is 190 Å². The molecule has 33 heavy (non-hydrogen) atoms. The van der Waals surface area contributed by atoms with Crippen molar-refractivity contribution in [1.82, 2.24) is 15.4 Å². The molecule has 0 bridgehead atoms. The van der Waals surface area contributed by atoms with Crippen molar-refractivity contribution in [3.63, 3.8) is 0 Å². The maximum Gasteiger partial charge on any atom is 0.414 e. The predicted octanol–water partition coefficient (Wildman–Crippen LogP) is 1.59. The van der Waals surface area contributed by atoms with Crippen molar-refractivity contribution >= 4 is 24.0 Å². The maximum atomic E-state index is 15.1. The third-order valence-corrected chi connectivity index (χ3v) is 5.45. The summed E-state index contributed by atoms with van der Waals surface area (Å²) in [7, 11) is 0. The highest BCUT2D eigenvalue weighted by atomic mass is 19.1. The van der Waals surface area contributed by atoms with E-state index in [1.165, 1.54) is 19.1 Å². The SMILES string of the molecule is CC(=O)NC[C@H]1CN(c2ccc(-c3ccc(CN(N)N4C=NCC4)cc3)c(F)c2O)C(=O)O1. The Kier molecular flexibility index (Phi) is 6.43. The van der Waals surface area contributed by atoms with Crippen molar-refractivity contribution in [2.75, 3.05) is 31.1 Å². The van der Waals surface area contributed by atoms with Crippen molar-refractivity contribution in [2.24, 2.45) is 10.8 Å². The van der Waals surface area contributed by atoms with E-state index >= 15 is 4.39 Å². The number of halogens is 1. The third-order valence-electron chi connectivity index (χ3n) is 5.45. The zero-order valence-electron chi connectivity index (χ0n) is 18.1. The molecule has 0 radical (unpaired) electrons. The number of hydrogen-bond acceptors (Lipinski definition) is 8. The van der Waals surface area contributed by atoms with Crippen molar-refractivity contribution in [3.05, 3.63) is 47.8 Å². The van der Waals surface area contributed by atoms with Gasteiger partial charge in [0.25, 0.3) is 0 Å². The van der Waals surface area contributed by atoms with Gasteiger partial charge in [-0.05, 0) is 23.3 Å². The average molecular weight is 456 g/mol. The van der Waals surface area contributed by atoms with Gasteiger partial charge in [0.15, 0.2) is 11.6 Å². The molecular weight excluding hydrogens is 431 g/mol. The second-order valence-corrected chi connectivity index (χ2v) is 7.83. The van der Waals surface area contributed by atoms with Crippen LogP contribution in [0.15, 0.2) is 41.4 Å². The molecule has 11 heteroatoms. The van der Waals surface area contributed by atoms with Gasteiger partial charge in [0.2, 0.25) is 5.91 Å². The molecule has 2 aromatic rings. The van der Waals surface area contributed by atoms with Crippen LogP contribution < -0.4 is 16.1 Å². The number of phenolic OH excluding ortho intramolecular Hbond substituents is 1. The van der Waals surface area contributed by atoms with E-state index in [0.717, 1.165) is 17.0 Å². The number of phenols is 1. The quantitative estimate of drug-likeness (QED) is 0.427. The molecule has 2 heterocycles. The van der Waals surface area contributed by atoms with Crippen LogP contribution in [0.2, 0.25) is 0 Å². The van der Waals surface area contributed by atoms with Gasteiger partial charge in [0, 0.05) is 12.5 Å². The fourth-order valence-electron chi connectivity index (χ4n) is 3.71. The molecule has 4 rings (SSSR count). The number of carbonyl (C=O) groups is 2. The Balaban J connectivity index is 1.47. The summed E-state index contributed by atoms with van der Waals surface area (Å²) in [4.78, 5) is 28.5. The second kappa shape index (κ2) is 9.43. The Morgan fingerprint density at radius 3 is 2.76 bits per heavy atom. The van der Waals surface area contributed by atoms with Gasteiger partial charge in [-0.25, -0.2) is 9.18 Å². The summed E-state index contributed by atoms with van der Waals surface area (Å²) < 4.78 is 20.2. The van der Waals surface area contributed by atoms with Crippen LogP contribution in [-0.2, 0) is 16.1 Å². The van der Waals surface area contributed by atoms with E-state index in [1.807, 2.05) is 17.1 Å². The van der Waals surface area contributed by atoms with Crippen LogP contribution >= 0.6 is 0 Å². The summed E-state index contributed by atoms with van der Waals surface area (Å²) in [5.41, 5.74) is 1.69. The first-order valence-electron chi connectivity index (χ1n) is 10.5. The number of aromatic hydroxyl groups is 1. The maximum absolute atomic E-state index is 15.1. The fraction of sp³-hybridized carbons (Fsp3) is 0.318. The topological polar surface area (TPSA) is 124 Å². The zero-order valence-corrected chi connectivity index (χ0v) is 18.1. The van der Waals surface area contributed by atoms with Gasteiger partial charge in [-0.3, -0.25) is 25.5 Å². The summed E-state index contributed by atoms with van der Waals surface area (Å²) in [5.74, 6) is 4.31. The van der Waals surface area contributed by atoms with E-state index in [9.17, 15) is 14.7 Å². The average Bonchev–Trinajstić information content (AvgIpc) is 3.45. The number of anilines is 1. The van der Waals surface area contributed by atoms with E-state index in [1.54, 1.807) is 23.6 Å². The standard InChI is InChI=1S/C22H25FN6O4/c1-14(30)26-10-17-12-28(22(32)33-17)19-7-6-18(20(23)21(19)31)16-4-2-15(3-5-16)11-29(24)27-9-8-25-13-27/h2-7,13,17,31H,8-12,24H2,1H3,(H,26,30)/t17-/m0/s1. The minimum Gasteiger partial charge on any atom is -0.503 e. The number of nitrogens with zero attached hydrogens (tertiary/aromatic N) is 4. The van der Waals surface area contributed by atoms with Gasteiger partial charge in [-0.1, -0.05) is 24.3 Å². The summed E-state index contributed by atoms with van der Waals surface area (Å²) in [6.45, 7) is 3.46. The lowest BCUT2D eigenvalue weighted by Crippen LogP contribution is -2.45. The first kappa shape index (κ1) is 22.5. The van der Waals surface area contributed by atoms with Gasteiger partial charge in [-0.15, -0.1) is 0 Å². The van der Waals surface area contributed by atoms with Crippen LogP contribution in [0.1, 0.15) is 12.5 Å². The van der Waals surface area contributed by atoms with Crippen molar-refractivity contribution in [3.8, 4) is 16.9 Å². The number of hydrazine groups is 2. The first-order chi connectivity index (χ1) is 15.8. The van der Waals surface area contributed by atoms with Gasteiger partial charge < -0.3 is 15.2 Å². The third kappa shape index (κ3) is 4.89. The molecule has 0 spiro atoms. The number of amides is 2. The molecule has 2 aliphatic rings. The van der Waals surface area contributed by atoms with Gasteiger partial charge >= 0.3 is 6.09 Å². The van der Waals surface area contributed by atoms with Crippen molar-refractivity contribution in [2.45, 2.75) is 19.6 Å². The smallest absolute Gasteiger partial charge is 0.414 e. The zero-order chi connectivity index (χ0) is 23.5. The highest BCUT2D eigenvalue weighted by Gasteiger charge is 2.34. The lowest BCUT2D eigenvalue weighted by Gasteiger charge is -2.25. The number of carbonyl (C=O) groups excluding carboxylic acids is 2. The van der Waals surface area contributed by atoms with Crippen molar-refractivity contribution in [1.29, 1.82) is 0 Å². The fourth-order valence-corrected chi connectivity index (χ4v) is 3.71. The molecule has 2 aromatic carbocycles. The lowest BCUT2D eigenvalue weighted by molar-refractivity contribution is -0.119. The Hall–Kier alpha value is -3.70. The molecule has 1 fully saturated rings. The molecule has 0 aliphatic carbocycles. The van der Waals surface area contributed by atoms with E-state index in [0.29, 0.717) is 18.7 Å². The number of hydrogen-bond donors (Lipinski definition) is 3. The van der Waals surface area contributed by atoms with Crippen LogP contribution in [-0.4, -0.2) is 65.9 Å². The minimum absolute atomic E-state index is 0.00856. The van der Waals surface area contributed by atoms with Crippen LogP contribution in [0, 0.1) is 5.82 Å². The largest absolute Gasteiger partial charge is 0.503 e. The number of nitrogens with two attached hydrogens (primary N) is 1. The molecule has 2 aliphatic heterocycles. The van der Waals surface area contributed by atoms with Crippen LogP contribution in [0.4, 0.5) is 14.9 Å². The molecule has 10 nitrogen and oxygen atoms in total. The number of ether oxygens (including phenoxy) is 1. The summed E-state index contributed by atoms with van der Waals surface area (Å²) in [6.07, 6.45) is 0.378. The molecule has 0 aromatic heterocycles. The normalized spacial score (nSPS) is 17.7. The molecule has 1 atom stereocenters. The van der Waals surface area contributed by atoms with Gasteiger partial charge in [-0.2, -0.15) is 5.12 Å². The molecule has 2 amide bonds. The summed E-state index contributed by atoms with van der Waals surface area (Å²) in [5, 5.41) is 16.4. The first-order valence-corrected chi connectivity index (χ1v) is 10.5. The van der Waals surface area contributed by atoms with Crippen LogP contribution in [0.3, 0.4) is 0 Å². The summed E-state index contributed by atoms with van der Waals surface area (Å²) in [6, 6.07) is 10.1. The second-order valence-electron chi connectivity index (χ2n) is 7.83. The van der Waals surface area contributed by atoms with Gasteiger partial charge in [0.1, 0.15) is 12.4 Å². The highest BCUT2D eigenvalue weighted by Crippen LogP contribution is 2.38. The number of nitrogens with one attached hydrogen (secondary N) is 1. The number of cyclic esters (lactones) is 1.